The van der Waals surface area contributed by atoms with Crippen molar-refractivity contribution in [1.29, 1.82) is 0 Å². The van der Waals surface area contributed by atoms with E-state index in [1.54, 1.807) is 19.9 Å². The van der Waals surface area contributed by atoms with Crippen LogP contribution in [0.4, 0.5) is 4.39 Å². The molecule has 92 valence electrons. The van der Waals surface area contributed by atoms with Crippen LogP contribution in [-0.4, -0.2) is 5.11 Å². The molecule has 1 N–H and O–H groups in total. The summed E-state index contributed by atoms with van der Waals surface area (Å²) in [5.74, 6) is -0.251. The van der Waals surface area contributed by atoms with Crippen LogP contribution in [0.5, 0.6) is 0 Å². The standard InChI is InChI=1S/C15H19FO/c1-11-8-9-13(10-14(11)16)15(2,17)12-6-4-3-5-7-12/h6,8-10,17H,3-5,7H2,1-2H3. The highest BCUT2D eigenvalue weighted by molar-refractivity contribution is 5.35. The van der Waals surface area contributed by atoms with Gasteiger partial charge in [0.2, 0.25) is 0 Å². The Bertz CT molecular complexity index is 446. The van der Waals surface area contributed by atoms with Crippen LogP contribution in [0.15, 0.2) is 29.8 Å². The van der Waals surface area contributed by atoms with Crippen LogP contribution < -0.4 is 0 Å². The molecule has 1 aliphatic carbocycles. The fraction of sp³-hybridized carbons (Fsp3) is 0.467. The Morgan fingerprint density at radius 2 is 2.06 bits per heavy atom. The molecule has 0 aromatic heterocycles. The smallest absolute Gasteiger partial charge is 0.126 e. The van der Waals surface area contributed by atoms with Crippen molar-refractivity contribution in [1.82, 2.24) is 0 Å². The lowest BCUT2D eigenvalue weighted by atomic mass is 9.82. The first-order valence-corrected chi connectivity index (χ1v) is 6.20. The Morgan fingerprint density at radius 3 is 2.65 bits per heavy atom. The van der Waals surface area contributed by atoms with Crippen molar-refractivity contribution in [3.8, 4) is 0 Å². The molecule has 17 heavy (non-hydrogen) atoms. The first-order chi connectivity index (χ1) is 8.01. The third-order valence-electron chi connectivity index (χ3n) is 3.65. The van der Waals surface area contributed by atoms with Crippen molar-refractivity contribution >= 4 is 0 Å². The van der Waals surface area contributed by atoms with Crippen molar-refractivity contribution < 1.29 is 9.50 Å². The van der Waals surface area contributed by atoms with Gasteiger partial charge in [-0.25, -0.2) is 4.39 Å². The van der Waals surface area contributed by atoms with Gasteiger partial charge in [-0.1, -0.05) is 18.2 Å². The average molecular weight is 234 g/mol. The molecule has 1 atom stereocenters. The number of hydrogen-bond acceptors (Lipinski definition) is 1. The number of halogens is 1. The Balaban J connectivity index is 2.36. The Kier molecular flexibility index (Phi) is 3.34. The maximum absolute atomic E-state index is 13.5. The molecule has 0 saturated heterocycles. The van der Waals surface area contributed by atoms with Crippen LogP contribution in [0.1, 0.15) is 43.7 Å². The van der Waals surface area contributed by atoms with Crippen molar-refractivity contribution in [2.45, 2.75) is 45.1 Å². The van der Waals surface area contributed by atoms with Crippen molar-refractivity contribution in [3.05, 3.63) is 46.8 Å². The monoisotopic (exact) mass is 234 g/mol. The van der Waals surface area contributed by atoms with Gasteiger partial charge in [0.15, 0.2) is 0 Å². The summed E-state index contributed by atoms with van der Waals surface area (Å²) in [7, 11) is 0. The molecule has 0 radical (unpaired) electrons. The van der Waals surface area contributed by atoms with Gasteiger partial charge in [0.05, 0.1) is 0 Å². The van der Waals surface area contributed by atoms with Gasteiger partial charge in [0.1, 0.15) is 11.4 Å². The lowest BCUT2D eigenvalue weighted by Crippen LogP contribution is -2.25. The summed E-state index contributed by atoms with van der Waals surface area (Å²) in [6, 6.07) is 4.99. The highest BCUT2D eigenvalue weighted by atomic mass is 19.1. The maximum Gasteiger partial charge on any atom is 0.126 e. The second-order valence-corrected chi connectivity index (χ2v) is 5.01. The van der Waals surface area contributed by atoms with E-state index in [0.29, 0.717) is 11.1 Å². The van der Waals surface area contributed by atoms with Crippen LogP contribution in [0, 0.1) is 12.7 Å². The molecule has 1 aliphatic rings. The first-order valence-electron chi connectivity index (χ1n) is 6.20. The van der Waals surface area contributed by atoms with Crippen molar-refractivity contribution in [2.75, 3.05) is 0 Å². The summed E-state index contributed by atoms with van der Waals surface area (Å²) in [4.78, 5) is 0. The Hall–Kier alpha value is -1.15. The van der Waals surface area contributed by atoms with Gasteiger partial charge in [-0.2, -0.15) is 0 Å². The largest absolute Gasteiger partial charge is 0.381 e. The number of rotatable bonds is 2. The number of aliphatic hydroxyl groups is 1. The van der Waals surface area contributed by atoms with Crippen molar-refractivity contribution in [2.24, 2.45) is 0 Å². The average Bonchev–Trinajstić information content (AvgIpc) is 2.33. The van der Waals surface area contributed by atoms with Gasteiger partial charge in [0.25, 0.3) is 0 Å². The summed E-state index contributed by atoms with van der Waals surface area (Å²) in [5, 5.41) is 10.6. The van der Waals surface area contributed by atoms with E-state index < -0.39 is 5.60 Å². The van der Waals surface area contributed by atoms with Crippen LogP contribution >= 0.6 is 0 Å². The van der Waals surface area contributed by atoms with E-state index in [-0.39, 0.29) is 5.82 Å². The highest BCUT2D eigenvalue weighted by Gasteiger charge is 2.29. The number of hydrogen-bond donors (Lipinski definition) is 1. The number of benzene rings is 1. The fourth-order valence-electron chi connectivity index (χ4n) is 2.36. The highest BCUT2D eigenvalue weighted by Crippen LogP contribution is 2.35. The van der Waals surface area contributed by atoms with Gasteiger partial charge < -0.3 is 5.11 Å². The third kappa shape index (κ3) is 2.42. The molecule has 0 bridgehead atoms. The summed E-state index contributed by atoms with van der Waals surface area (Å²) in [6.45, 7) is 3.49. The lowest BCUT2D eigenvalue weighted by molar-refractivity contribution is 0.0911. The zero-order chi connectivity index (χ0) is 12.5. The van der Waals surface area contributed by atoms with Gasteiger partial charge >= 0.3 is 0 Å². The van der Waals surface area contributed by atoms with Crippen LogP contribution in [0.3, 0.4) is 0 Å². The van der Waals surface area contributed by atoms with Gasteiger partial charge in [-0.15, -0.1) is 0 Å². The predicted molar refractivity (Wildman–Crippen MR) is 67.3 cm³/mol. The summed E-state index contributed by atoms with van der Waals surface area (Å²) < 4.78 is 13.5. The molecule has 0 amide bonds. The molecule has 1 nitrogen and oxygen atoms in total. The van der Waals surface area contributed by atoms with Crippen molar-refractivity contribution in [3.63, 3.8) is 0 Å². The quantitative estimate of drug-likeness (QED) is 0.771. The van der Waals surface area contributed by atoms with Gasteiger partial charge in [-0.3, -0.25) is 0 Å². The molecule has 1 unspecified atom stereocenters. The van der Waals surface area contributed by atoms with Gasteiger partial charge in [-0.05, 0) is 62.3 Å². The molecular weight excluding hydrogens is 215 g/mol. The minimum Gasteiger partial charge on any atom is -0.381 e. The minimum atomic E-state index is -1.03. The predicted octanol–water partition coefficient (Wildman–Crippen LogP) is 3.84. The molecule has 1 aromatic rings. The number of aryl methyl sites for hydroxylation is 1. The molecule has 2 heteroatoms. The second-order valence-electron chi connectivity index (χ2n) is 5.01. The normalized spacial score (nSPS) is 19.6. The SMILES string of the molecule is Cc1ccc(C(C)(O)C2=CCCCC2)cc1F. The zero-order valence-corrected chi connectivity index (χ0v) is 10.5. The first kappa shape index (κ1) is 12.3. The van der Waals surface area contributed by atoms with E-state index in [1.165, 1.54) is 12.5 Å². The van der Waals surface area contributed by atoms with E-state index in [0.717, 1.165) is 24.8 Å². The van der Waals surface area contributed by atoms with E-state index in [9.17, 15) is 9.50 Å². The molecular formula is C15H19FO. The van der Waals surface area contributed by atoms with Crippen LogP contribution in [-0.2, 0) is 5.60 Å². The van der Waals surface area contributed by atoms with Crippen LogP contribution in [0.25, 0.3) is 0 Å². The molecule has 0 saturated carbocycles. The third-order valence-corrected chi connectivity index (χ3v) is 3.65. The number of allylic oxidation sites excluding steroid dienone is 1. The molecule has 0 fully saturated rings. The minimum absolute atomic E-state index is 0.251. The van der Waals surface area contributed by atoms with Gasteiger partial charge in [0, 0.05) is 0 Å². The molecule has 0 aliphatic heterocycles. The second kappa shape index (κ2) is 4.61. The summed E-state index contributed by atoms with van der Waals surface area (Å²) >= 11 is 0. The molecule has 0 heterocycles. The molecule has 2 rings (SSSR count). The van der Waals surface area contributed by atoms with E-state index >= 15 is 0 Å². The van der Waals surface area contributed by atoms with Crippen LogP contribution in [0.2, 0.25) is 0 Å². The molecule has 1 aromatic carbocycles. The zero-order valence-electron chi connectivity index (χ0n) is 10.5. The summed E-state index contributed by atoms with van der Waals surface area (Å²) in [5.41, 5.74) is 1.25. The maximum atomic E-state index is 13.5. The lowest BCUT2D eigenvalue weighted by Gasteiger charge is -2.29. The summed E-state index contributed by atoms with van der Waals surface area (Å²) in [6.07, 6.45) is 6.31. The topological polar surface area (TPSA) is 20.2 Å². The van der Waals surface area contributed by atoms with E-state index in [1.807, 2.05) is 6.07 Å². The Morgan fingerprint density at radius 1 is 1.29 bits per heavy atom. The van der Waals surface area contributed by atoms with E-state index in [4.69, 9.17) is 0 Å². The van der Waals surface area contributed by atoms with E-state index in [2.05, 4.69) is 6.08 Å². The fourth-order valence-corrected chi connectivity index (χ4v) is 2.36. The Labute approximate surface area is 102 Å². The molecule has 0 spiro atoms.